The summed E-state index contributed by atoms with van der Waals surface area (Å²) in [4.78, 5) is 15.0. The number of rotatable bonds is 10. The number of hydrogen-bond donors (Lipinski definition) is 6. The summed E-state index contributed by atoms with van der Waals surface area (Å²) < 4.78 is 33.8. The molecule has 14 nitrogen and oxygen atoms in total. The Bertz CT molecular complexity index is 2470. The van der Waals surface area contributed by atoms with Crippen LogP contribution >= 0.6 is 0 Å². The number of hydrogen-bond acceptors (Lipinski definition) is 12. The Hall–Kier alpha value is -6.26. The van der Waals surface area contributed by atoms with E-state index in [1.807, 2.05) is 18.2 Å². The van der Waals surface area contributed by atoms with Crippen LogP contribution in [0.25, 0.3) is 21.5 Å². The third kappa shape index (κ3) is 7.11. The number of nitrogens with zero attached hydrogens (tertiary/aromatic N) is 4. The lowest BCUT2D eigenvalue weighted by Crippen LogP contribution is -1.97. The Morgan fingerprint density at radius 1 is 0.800 bits per heavy atom. The van der Waals surface area contributed by atoms with Crippen LogP contribution in [-0.4, -0.2) is 34.4 Å². The second-order valence-corrected chi connectivity index (χ2v) is 12.6. The van der Waals surface area contributed by atoms with Crippen molar-refractivity contribution in [1.82, 2.24) is 0 Å². The van der Waals surface area contributed by atoms with E-state index in [2.05, 4.69) is 30.7 Å². The first-order chi connectivity index (χ1) is 23.9. The summed E-state index contributed by atoms with van der Waals surface area (Å²) in [7, 11) is -4.57. The monoisotopic (exact) mass is 692 g/mol. The highest BCUT2D eigenvalue weighted by Gasteiger charge is 2.16. The molecule has 0 heterocycles. The first-order valence-electron chi connectivity index (χ1n) is 14.8. The Labute approximate surface area is 284 Å². The number of carboxylic acid groups (broad SMARTS) is 1. The largest absolute Gasteiger partial charge is 0.505 e. The van der Waals surface area contributed by atoms with Crippen molar-refractivity contribution in [1.29, 1.82) is 0 Å². The van der Waals surface area contributed by atoms with Crippen LogP contribution in [0, 0.1) is 6.92 Å². The Balaban J connectivity index is 1.37. The number of phenols is 1. The minimum atomic E-state index is -4.57. The number of fused-ring (bicyclic) bond motifs is 2. The molecule has 0 amide bonds. The number of phenolic OH excluding ortho intramolecular Hbond substituents is 1. The second-order valence-electron chi connectivity index (χ2n) is 11.2. The average Bonchev–Trinajstić information content (AvgIpc) is 3.09. The zero-order chi connectivity index (χ0) is 35.6. The van der Waals surface area contributed by atoms with Gasteiger partial charge in [0.1, 0.15) is 12.3 Å². The van der Waals surface area contributed by atoms with Crippen LogP contribution in [0.3, 0.4) is 0 Å². The normalized spacial score (nSPS) is 12.0. The number of anilines is 3. The van der Waals surface area contributed by atoms with E-state index < -0.39 is 16.1 Å². The van der Waals surface area contributed by atoms with Gasteiger partial charge in [-0.3, -0.25) is 9.81 Å². The van der Waals surface area contributed by atoms with Crippen molar-refractivity contribution in [3.63, 3.8) is 0 Å². The number of aryl methyl sites for hydroxylation is 1. The van der Waals surface area contributed by atoms with E-state index in [1.165, 1.54) is 30.3 Å². The highest BCUT2D eigenvalue weighted by molar-refractivity contribution is 7.85. The van der Waals surface area contributed by atoms with Crippen LogP contribution in [0.4, 0.5) is 39.8 Å². The third-order valence-corrected chi connectivity index (χ3v) is 8.67. The fourth-order valence-corrected chi connectivity index (χ4v) is 5.77. The van der Waals surface area contributed by atoms with E-state index in [0.29, 0.717) is 50.3 Å². The van der Waals surface area contributed by atoms with Crippen molar-refractivity contribution in [2.24, 2.45) is 20.5 Å². The van der Waals surface area contributed by atoms with Crippen LogP contribution in [-0.2, 0) is 21.6 Å². The lowest BCUT2D eigenvalue weighted by atomic mass is 10.0. The first kappa shape index (κ1) is 33.6. The molecule has 0 fully saturated rings. The molecule has 6 rings (SSSR count). The fourth-order valence-electron chi connectivity index (χ4n) is 5.27. The van der Waals surface area contributed by atoms with Crippen molar-refractivity contribution in [2.75, 3.05) is 11.1 Å². The van der Waals surface area contributed by atoms with Gasteiger partial charge in [-0.15, -0.1) is 15.3 Å². The summed E-state index contributed by atoms with van der Waals surface area (Å²) in [5.74, 6) is -1.17. The van der Waals surface area contributed by atoms with E-state index in [4.69, 9.17) is 16.1 Å². The number of aromatic carboxylic acids is 1. The predicted molar refractivity (Wildman–Crippen MR) is 187 cm³/mol. The van der Waals surface area contributed by atoms with Crippen LogP contribution in [0.2, 0.25) is 0 Å². The molecule has 0 unspecified atom stereocenters. The highest BCUT2D eigenvalue weighted by Crippen LogP contribution is 2.42. The molecule has 6 aromatic carbocycles. The number of carbonyl (C=O) groups is 1. The molecule has 0 aliphatic carbocycles. The SMILES string of the molecule is Cc1cc2ccc(Nc3ccc(C(=O)O)cc3)cc2c(O)c1N=Nc1ccc(N=Nc2ccc(N)c(COO)c2)c2ccc(S(=O)(=O)O)cc12. The van der Waals surface area contributed by atoms with Crippen molar-refractivity contribution in [2.45, 2.75) is 18.4 Å². The average molecular weight is 693 g/mol. The van der Waals surface area contributed by atoms with E-state index >= 15 is 0 Å². The number of carboxylic acids is 1. The van der Waals surface area contributed by atoms with Gasteiger partial charge in [0.25, 0.3) is 10.1 Å². The molecule has 0 atom stereocenters. The van der Waals surface area contributed by atoms with Gasteiger partial charge < -0.3 is 21.3 Å². The molecule has 0 aromatic heterocycles. The summed E-state index contributed by atoms with van der Waals surface area (Å²) in [6, 6.07) is 25.3. The maximum atomic E-state index is 12.0. The number of azo groups is 2. The molecule has 50 heavy (non-hydrogen) atoms. The summed E-state index contributed by atoms with van der Waals surface area (Å²) in [5, 5.41) is 51.7. The molecule has 6 aromatic rings. The van der Waals surface area contributed by atoms with Crippen molar-refractivity contribution >= 4 is 77.4 Å². The van der Waals surface area contributed by atoms with Crippen LogP contribution in [0.1, 0.15) is 21.5 Å². The molecule has 0 aliphatic rings. The smallest absolute Gasteiger partial charge is 0.335 e. The Morgan fingerprint density at radius 3 is 2.20 bits per heavy atom. The fraction of sp³-hybridized carbons (Fsp3) is 0.0571. The minimum Gasteiger partial charge on any atom is -0.505 e. The van der Waals surface area contributed by atoms with Gasteiger partial charge in [0.05, 0.1) is 27.5 Å². The van der Waals surface area contributed by atoms with Gasteiger partial charge in [0.15, 0.2) is 5.75 Å². The van der Waals surface area contributed by atoms with Crippen LogP contribution < -0.4 is 11.1 Å². The number of benzene rings is 6. The molecule has 252 valence electrons. The topological polar surface area (TPSA) is 229 Å². The molecule has 0 radical (unpaired) electrons. The highest BCUT2D eigenvalue weighted by atomic mass is 32.2. The number of aromatic hydroxyl groups is 1. The first-order valence-corrected chi connectivity index (χ1v) is 16.2. The molecule has 0 saturated carbocycles. The standard InChI is InChI=1S/C35H28N6O8S/c1-19-14-21-4-7-24(37-23-5-2-20(3-6-23)35(43)44)16-28(21)34(42)33(19)41-40-32-13-12-31(27-10-9-26(17-29(27)32)50(46,47)48)39-38-25-8-11-30(36)22(15-25)18-49-45/h2-17,37,42,45H,18,36H2,1H3,(H,43,44)(H,46,47,48). The third-order valence-electron chi connectivity index (χ3n) is 7.82. The molecule has 0 aliphatic heterocycles. The number of nitrogen functional groups attached to an aromatic ring is 1. The molecule has 0 spiro atoms. The molecule has 0 bridgehead atoms. The van der Waals surface area contributed by atoms with Gasteiger partial charge in [-0.05, 0) is 103 Å². The van der Waals surface area contributed by atoms with Crippen molar-refractivity contribution in [3.05, 3.63) is 114 Å². The van der Waals surface area contributed by atoms with E-state index in [0.717, 1.165) is 5.39 Å². The lowest BCUT2D eigenvalue weighted by molar-refractivity contribution is -0.252. The minimum absolute atomic E-state index is 0.142. The van der Waals surface area contributed by atoms with Gasteiger partial charge >= 0.3 is 5.97 Å². The maximum Gasteiger partial charge on any atom is 0.335 e. The molecular formula is C35H28N6O8S. The van der Waals surface area contributed by atoms with E-state index in [-0.39, 0.29) is 39.6 Å². The summed E-state index contributed by atoms with van der Waals surface area (Å²) in [5.41, 5.74) is 9.99. The van der Waals surface area contributed by atoms with Crippen LogP contribution in [0.15, 0.2) is 122 Å². The summed E-state index contributed by atoms with van der Waals surface area (Å²) >= 11 is 0. The van der Waals surface area contributed by atoms with E-state index in [1.54, 1.807) is 55.5 Å². The zero-order valence-corrected chi connectivity index (χ0v) is 27.0. The Kier molecular flexibility index (Phi) is 9.21. The molecule has 0 saturated heterocycles. The van der Waals surface area contributed by atoms with Gasteiger partial charge in [-0.2, -0.15) is 13.5 Å². The van der Waals surface area contributed by atoms with Gasteiger partial charge in [-0.1, -0.05) is 12.1 Å². The number of nitrogens with two attached hydrogens (primary N) is 1. The van der Waals surface area contributed by atoms with Crippen molar-refractivity contribution < 1.29 is 38.1 Å². The van der Waals surface area contributed by atoms with Crippen LogP contribution in [0.5, 0.6) is 5.75 Å². The van der Waals surface area contributed by atoms with Gasteiger partial charge in [0.2, 0.25) is 0 Å². The molecule has 15 heteroatoms. The second kappa shape index (κ2) is 13.7. The van der Waals surface area contributed by atoms with Crippen molar-refractivity contribution in [3.8, 4) is 5.75 Å². The Morgan fingerprint density at radius 2 is 1.50 bits per heavy atom. The number of nitrogens with one attached hydrogen (secondary N) is 1. The predicted octanol–water partition coefficient (Wildman–Crippen LogP) is 9.10. The van der Waals surface area contributed by atoms with Gasteiger partial charge in [0, 0.05) is 38.8 Å². The molecular weight excluding hydrogens is 664 g/mol. The summed E-state index contributed by atoms with van der Waals surface area (Å²) in [6.07, 6.45) is 0. The summed E-state index contributed by atoms with van der Waals surface area (Å²) in [6.45, 7) is 1.61. The lowest BCUT2D eigenvalue weighted by Gasteiger charge is -2.11. The molecule has 7 N–H and O–H groups in total. The zero-order valence-electron chi connectivity index (χ0n) is 26.1. The quantitative estimate of drug-likeness (QED) is 0.0262. The van der Waals surface area contributed by atoms with E-state index in [9.17, 15) is 22.9 Å². The maximum absolute atomic E-state index is 12.0. The van der Waals surface area contributed by atoms with Gasteiger partial charge in [-0.25, -0.2) is 9.68 Å².